The minimum Gasteiger partial charge on any atom is -0.481 e. The van der Waals surface area contributed by atoms with Gasteiger partial charge in [0.25, 0.3) is 0 Å². The minimum absolute atomic E-state index is 0.0629. The first-order valence-electron chi connectivity index (χ1n) is 5.90. The lowest BCUT2D eigenvalue weighted by molar-refractivity contribution is -0.141. The van der Waals surface area contributed by atoms with E-state index in [-0.39, 0.29) is 11.9 Å². The van der Waals surface area contributed by atoms with Crippen molar-refractivity contribution in [3.8, 4) is 0 Å². The van der Waals surface area contributed by atoms with Crippen LogP contribution in [-0.4, -0.2) is 22.1 Å². The highest BCUT2D eigenvalue weighted by molar-refractivity contribution is 5.72. The molecule has 7 heteroatoms. The maximum atomic E-state index is 12.5. The molecule has 0 spiro atoms. The lowest BCUT2D eigenvalue weighted by atomic mass is 10.0. The fraction of sp³-hybridized carbons (Fsp3) is 0.500. The molecule has 0 amide bonds. The Balaban J connectivity index is 2.13. The van der Waals surface area contributed by atoms with E-state index in [1.165, 1.54) is 0 Å². The molecule has 1 aromatic rings. The molecular formula is C12H13F3N2O2. The number of alkyl halides is 3. The van der Waals surface area contributed by atoms with Crippen LogP contribution in [0.5, 0.6) is 0 Å². The Hall–Kier alpha value is -1.79. The van der Waals surface area contributed by atoms with Gasteiger partial charge in [-0.3, -0.25) is 4.79 Å². The van der Waals surface area contributed by atoms with Crippen molar-refractivity contribution >= 4 is 11.8 Å². The van der Waals surface area contributed by atoms with Crippen LogP contribution in [0.15, 0.2) is 18.3 Å². The number of carboxylic acid groups (broad SMARTS) is 1. The molecule has 2 atom stereocenters. The average molecular weight is 274 g/mol. The van der Waals surface area contributed by atoms with Crippen molar-refractivity contribution in [3.63, 3.8) is 0 Å². The summed E-state index contributed by atoms with van der Waals surface area (Å²) in [4.78, 5) is 14.8. The summed E-state index contributed by atoms with van der Waals surface area (Å²) in [6.45, 7) is 0. The van der Waals surface area contributed by atoms with Gasteiger partial charge in [0.1, 0.15) is 5.82 Å². The maximum Gasteiger partial charge on any atom is 0.416 e. The molecule has 1 aliphatic rings. The molecule has 2 unspecified atom stereocenters. The maximum absolute atomic E-state index is 12.5. The van der Waals surface area contributed by atoms with E-state index in [4.69, 9.17) is 5.11 Å². The Morgan fingerprint density at radius 1 is 1.42 bits per heavy atom. The zero-order valence-electron chi connectivity index (χ0n) is 9.94. The number of halogens is 3. The van der Waals surface area contributed by atoms with E-state index >= 15 is 0 Å². The smallest absolute Gasteiger partial charge is 0.416 e. The number of nitrogens with zero attached hydrogens (tertiary/aromatic N) is 1. The van der Waals surface area contributed by atoms with Crippen LogP contribution in [0.25, 0.3) is 0 Å². The number of rotatable bonds is 3. The third kappa shape index (κ3) is 3.15. The zero-order valence-corrected chi connectivity index (χ0v) is 9.94. The molecule has 0 radical (unpaired) electrons. The van der Waals surface area contributed by atoms with Crippen LogP contribution in [0.3, 0.4) is 0 Å². The summed E-state index contributed by atoms with van der Waals surface area (Å²) in [7, 11) is 0. The SMILES string of the molecule is O=C(O)C1CCCC1Nc1cc(C(F)(F)F)ccn1. The monoisotopic (exact) mass is 274 g/mol. The van der Waals surface area contributed by atoms with Crippen molar-refractivity contribution < 1.29 is 23.1 Å². The number of nitrogens with one attached hydrogen (secondary N) is 1. The van der Waals surface area contributed by atoms with Gasteiger partial charge in [0.2, 0.25) is 0 Å². The van der Waals surface area contributed by atoms with E-state index in [0.29, 0.717) is 12.8 Å². The largest absolute Gasteiger partial charge is 0.481 e. The second-order valence-corrected chi connectivity index (χ2v) is 4.55. The van der Waals surface area contributed by atoms with Gasteiger partial charge in [-0.2, -0.15) is 13.2 Å². The van der Waals surface area contributed by atoms with Crippen LogP contribution in [0.2, 0.25) is 0 Å². The number of pyridine rings is 1. The molecule has 2 rings (SSSR count). The zero-order chi connectivity index (χ0) is 14.0. The Labute approximate surface area is 107 Å². The third-order valence-electron chi connectivity index (χ3n) is 3.25. The molecule has 1 aliphatic carbocycles. The van der Waals surface area contributed by atoms with Crippen LogP contribution in [0.4, 0.5) is 19.0 Å². The highest BCUT2D eigenvalue weighted by Gasteiger charge is 2.34. The van der Waals surface area contributed by atoms with Crippen molar-refractivity contribution in [1.82, 2.24) is 4.98 Å². The molecular weight excluding hydrogens is 261 g/mol. The van der Waals surface area contributed by atoms with Gasteiger partial charge in [-0.1, -0.05) is 6.42 Å². The summed E-state index contributed by atoms with van der Waals surface area (Å²) in [5, 5.41) is 11.8. The first-order chi connectivity index (χ1) is 8.88. The third-order valence-corrected chi connectivity index (χ3v) is 3.25. The number of anilines is 1. The summed E-state index contributed by atoms with van der Waals surface area (Å²) in [5.41, 5.74) is -0.796. The molecule has 1 fully saturated rings. The van der Waals surface area contributed by atoms with E-state index < -0.39 is 23.6 Å². The molecule has 104 valence electrons. The lowest BCUT2D eigenvalue weighted by Crippen LogP contribution is -2.30. The molecule has 0 aliphatic heterocycles. The number of carbonyl (C=O) groups is 1. The molecule has 1 aromatic heterocycles. The second-order valence-electron chi connectivity index (χ2n) is 4.55. The molecule has 19 heavy (non-hydrogen) atoms. The van der Waals surface area contributed by atoms with Crippen LogP contribution in [0.1, 0.15) is 24.8 Å². The van der Waals surface area contributed by atoms with Gasteiger partial charge in [0.05, 0.1) is 11.5 Å². The Morgan fingerprint density at radius 3 is 2.79 bits per heavy atom. The number of hydrogen-bond donors (Lipinski definition) is 2. The van der Waals surface area contributed by atoms with Gasteiger partial charge in [0, 0.05) is 12.2 Å². The second kappa shape index (κ2) is 5.07. The number of aliphatic carboxylic acids is 1. The molecule has 0 bridgehead atoms. The van der Waals surface area contributed by atoms with Crippen molar-refractivity contribution in [3.05, 3.63) is 23.9 Å². The highest BCUT2D eigenvalue weighted by Crippen LogP contribution is 2.32. The predicted octanol–water partition coefficient (Wildman–Crippen LogP) is 2.77. The van der Waals surface area contributed by atoms with E-state index in [1.54, 1.807) is 0 Å². The molecule has 2 N–H and O–H groups in total. The lowest BCUT2D eigenvalue weighted by Gasteiger charge is -2.18. The van der Waals surface area contributed by atoms with Gasteiger partial charge in [-0.05, 0) is 25.0 Å². The van der Waals surface area contributed by atoms with E-state index in [0.717, 1.165) is 24.8 Å². The van der Waals surface area contributed by atoms with Crippen LogP contribution in [0, 0.1) is 5.92 Å². The average Bonchev–Trinajstić information content (AvgIpc) is 2.76. The fourth-order valence-corrected chi connectivity index (χ4v) is 2.30. The fourth-order valence-electron chi connectivity index (χ4n) is 2.30. The number of aromatic nitrogens is 1. The summed E-state index contributed by atoms with van der Waals surface area (Å²) in [6, 6.07) is 1.42. The molecule has 4 nitrogen and oxygen atoms in total. The summed E-state index contributed by atoms with van der Waals surface area (Å²) in [6.07, 6.45) is -1.47. The summed E-state index contributed by atoms with van der Waals surface area (Å²) >= 11 is 0. The van der Waals surface area contributed by atoms with Gasteiger partial charge in [-0.15, -0.1) is 0 Å². The van der Waals surface area contributed by atoms with Crippen LogP contribution < -0.4 is 5.32 Å². The standard InChI is InChI=1S/C12H13F3N2O2/c13-12(14,15)7-4-5-16-10(6-7)17-9-3-1-2-8(9)11(18)19/h4-6,8-9H,1-3H2,(H,16,17)(H,18,19). The van der Waals surface area contributed by atoms with E-state index in [9.17, 15) is 18.0 Å². The molecule has 0 saturated heterocycles. The van der Waals surface area contributed by atoms with Crippen molar-refractivity contribution in [2.75, 3.05) is 5.32 Å². The first-order valence-corrected chi connectivity index (χ1v) is 5.90. The van der Waals surface area contributed by atoms with Gasteiger partial charge >= 0.3 is 12.1 Å². The summed E-state index contributed by atoms with van der Waals surface area (Å²) < 4.78 is 37.6. The molecule has 0 aromatic carbocycles. The topological polar surface area (TPSA) is 62.2 Å². The predicted molar refractivity (Wildman–Crippen MR) is 61.6 cm³/mol. The van der Waals surface area contributed by atoms with E-state index in [1.807, 2.05) is 0 Å². The van der Waals surface area contributed by atoms with Crippen molar-refractivity contribution in [1.29, 1.82) is 0 Å². The van der Waals surface area contributed by atoms with Gasteiger partial charge in [0.15, 0.2) is 0 Å². The van der Waals surface area contributed by atoms with Crippen LogP contribution >= 0.6 is 0 Å². The minimum atomic E-state index is -4.43. The highest BCUT2D eigenvalue weighted by atomic mass is 19.4. The summed E-state index contributed by atoms with van der Waals surface area (Å²) in [5.74, 6) is -1.44. The molecule has 1 saturated carbocycles. The quantitative estimate of drug-likeness (QED) is 0.889. The van der Waals surface area contributed by atoms with Crippen molar-refractivity contribution in [2.45, 2.75) is 31.5 Å². The number of hydrogen-bond acceptors (Lipinski definition) is 3. The van der Waals surface area contributed by atoms with Crippen LogP contribution in [-0.2, 0) is 11.0 Å². The Kier molecular flexibility index (Phi) is 3.64. The molecule has 1 heterocycles. The Bertz CT molecular complexity index is 476. The Morgan fingerprint density at radius 2 is 2.16 bits per heavy atom. The van der Waals surface area contributed by atoms with Gasteiger partial charge < -0.3 is 10.4 Å². The number of carboxylic acids is 1. The van der Waals surface area contributed by atoms with Gasteiger partial charge in [-0.25, -0.2) is 4.98 Å². The normalized spacial score (nSPS) is 23.3. The first kappa shape index (κ1) is 13.6. The van der Waals surface area contributed by atoms with E-state index in [2.05, 4.69) is 10.3 Å². The van der Waals surface area contributed by atoms with Crippen molar-refractivity contribution in [2.24, 2.45) is 5.92 Å².